The Balaban J connectivity index is 1.89. The first kappa shape index (κ1) is 22.3. The van der Waals surface area contributed by atoms with Crippen LogP contribution in [0.25, 0.3) is 0 Å². The van der Waals surface area contributed by atoms with Crippen LogP contribution in [0.5, 0.6) is 0 Å². The molecule has 0 aliphatic carbocycles. The first-order valence-corrected chi connectivity index (χ1v) is 12.7. The van der Waals surface area contributed by atoms with Crippen molar-refractivity contribution in [2.45, 2.75) is 35.5 Å². The van der Waals surface area contributed by atoms with Crippen LogP contribution in [0, 0.1) is 12.8 Å². The number of imide groups is 1. The molecule has 0 N–H and O–H groups in total. The molecule has 0 unspecified atom stereocenters. The van der Waals surface area contributed by atoms with Crippen LogP contribution in [-0.4, -0.2) is 26.0 Å². The number of carbonyl (C=O) groups excluding carboxylic acids is 2. The summed E-state index contributed by atoms with van der Waals surface area (Å²) in [4.78, 5) is 28.2. The lowest BCUT2D eigenvalue weighted by Crippen LogP contribution is -2.29. The highest BCUT2D eigenvalue weighted by Gasteiger charge is 2.37. The molecule has 32 heavy (non-hydrogen) atoms. The molecule has 0 radical (unpaired) electrons. The summed E-state index contributed by atoms with van der Waals surface area (Å²) in [5, 5.41) is 0. The lowest BCUT2D eigenvalue weighted by Gasteiger charge is -2.20. The van der Waals surface area contributed by atoms with Gasteiger partial charge in [0.15, 0.2) is 0 Å². The molecular formula is C25H23NO4S2. The van der Waals surface area contributed by atoms with Crippen LogP contribution in [0.3, 0.4) is 0 Å². The fourth-order valence-corrected chi connectivity index (χ4v) is 6.28. The molecular weight excluding hydrogens is 442 g/mol. The van der Waals surface area contributed by atoms with Crippen LogP contribution < -0.4 is 4.90 Å². The number of benzene rings is 3. The van der Waals surface area contributed by atoms with Gasteiger partial charge in [-0.15, -0.1) is 11.8 Å². The smallest absolute Gasteiger partial charge is 0.266 e. The van der Waals surface area contributed by atoms with E-state index in [1.165, 1.54) is 17.8 Å². The summed E-state index contributed by atoms with van der Waals surface area (Å²) in [6.45, 7) is 5.93. The van der Waals surface area contributed by atoms with Crippen molar-refractivity contribution in [3.63, 3.8) is 0 Å². The molecule has 2 amide bonds. The normalized spacial score (nSPS) is 13.7. The molecule has 1 heterocycles. The summed E-state index contributed by atoms with van der Waals surface area (Å²) in [5.41, 5.74) is 1.52. The van der Waals surface area contributed by atoms with Crippen LogP contribution in [0.2, 0.25) is 0 Å². The summed E-state index contributed by atoms with van der Waals surface area (Å²) in [6.07, 6.45) is 0. The first-order chi connectivity index (χ1) is 15.2. The second kappa shape index (κ2) is 8.56. The van der Waals surface area contributed by atoms with Gasteiger partial charge in [-0.1, -0.05) is 44.2 Å². The molecule has 0 aromatic heterocycles. The maximum Gasteiger partial charge on any atom is 0.266 e. The predicted molar refractivity (Wildman–Crippen MR) is 126 cm³/mol. The minimum atomic E-state index is -3.85. The van der Waals surface area contributed by atoms with Gasteiger partial charge < -0.3 is 0 Å². The van der Waals surface area contributed by atoms with E-state index in [2.05, 4.69) is 13.8 Å². The Bertz CT molecular complexity index is 1280. The van der Waals surface area contributed by atoms with E-state index < -0.39 is 21.7 Å². The van der Waals surface area contributed by atoms with Crippen molar-refractivity contribution in [2.24, 2.45) is 5.92 Å². The van der Waals surface area contributed by atoms with Crippen LogP contribution >= 0.6 is 11.8 Å². The molecule has 5 nitrogen and oxygen atoms in total. The number of hydrogen-bond acceptors (Lipinski definition) is 5. The number of hydrogen-bond donors (Lipinski definition) is 0. The molecule has 0 spiro atoms. The molecule has 7 heteroatoms. The topological polar surface area (TPSA) is 71.5 Å². The van der Waals surface area contributed by atoms with Gasteiger partial charge in [-0.2, -0.15) is 0 Å². The second-order valence-electron chi connectivity index (χ2n) is 8.08. The van der Waals surface area contributed by atoms with E-state index in [1.54, 1.807) is 67.6 Å². The van der Waals surface area contributed by atoms with E-state index in [-0.39, 0.29) is 15.5 Å². The Kier molecular flexibility index (Phi) is 5.97. The summed E-state index contributed by atoms with van der Waals surface area (Å²) in [6, 6.07) is 18.0. The van der Waals surface area contributed by atoms with E-state index in [9.17, 15) is 18.0 Å². The largest absolute Gasteiger partial charge is 0.268 e. The van der Waals surface area contributed by atoms with Gasteiger partial charge in [-0.3, -0.25) is 9.59 Å². The molecule has 1 aliphatic rings. The molecule has 3 aromatic rings. The molecule has 164 valence electrons. The number of sulfone groups is 1. The van der Waals surface area contributed by atoms with E-state index in [0.29, 0.717) is 22.6 Å². The van der Waals surface area contributed by atoms with Gasteiger partial charge in [0.1, 0.15) is 0 Å². The fraction of sp³-hybridized carbons (Fsp3) is 0.200. The molecule has 0 fully saturated rings. The Morgan fingerprint density at radius 2 is 1.44 bits per heavy atom. The molecule has 4 rings (SSSR count). The Hall–Kier alpha value is -2.90. The zero-order valence-electron chi connectivity index (χ0n) is 18.0. The number of thioether (sulfide) groups is 1. The quantitative estimate of drug-likeness (QED) is 0.361. The highest BCUT2D eigenvalue weighted by Crippen LogP contribution is 2.38. The van der Waals surface area contributed by atoms with Crippen molar-refractivity contribution >= 4 is 39.1 Å². The molecule has 0 atom stereocenters. The minimum Gasteiger partial charge on any atom is -0.268 e. The van der Waals surface area contributed by atoms with E-state index in [0.717, 1.165) is 15.5 Å². The molecule has 0 saturated heterocycles. The lowest BCUT2D eigenvalue weighted by atomic mass is 10.1. The van der Waals surface area contributed by atoms with Crippen molar-refractivity contribution in [1.29, 1.82) is 0 Å². The standard InChI is InChI=1S/C25H23NO4S2/c1-16(2)15-31-22-13-18(26-24(27)20-11-7-8-12-21(20)25(26)28)14-23(17(22)3)32(29,30)19-9-5-4-6-10-19/h4-14,16H,15H2,1-3H3. The van der Waals surface area contributed by atoms with Gasteiger partial charge in [0, 0.05) is 10.6 Å². The third kappa shape index (κ3) is 3.87. The predicted octanol–water partition coefficient (Wildman–Crippen LogP) is 5.38. The van der Waals surface area contributed by atoms with Gasteiger partial charge in [0.05, 0.1) is 26.6 Å². The zero-order chi connectivity index (χ0) is 23.0. The van der Waals surface area contributed by atoms with Crippen molar-refractivity contribution in [2.75, 3.05) is 10.7 Å². The number of anilines is 1. The molecule has 0 bridgehead atoms. The van der Waals surface area contributed by atoms with Gasteiger partial charge in [0.25, 0.3) is 11.8 Å². The van der Waals surface area contributed by atoms with Gasteiger partial charge in [-0.05, 0) is 54.8 Å². The van der Waals surface area contributed by atoms with Gasteiger partial charge in [0.2, 0.25) is 9.84 Å². The lowest BCUT2D eigenvalue weighted by molar-refractivity contribution is 0.0926. The summed E-state index contributed by atoms with van der Waals surface area (Å²) in [5.74, 6) is 0.267. The number of rotatable bonds is 6. The monoisotopic (exact) mass is 465 g/mol. The molecule has 0 saturated carbocycles. The van der Waals surface area contributed by atoms with Crippen LogP contribution in [-0.2, 0) is 9.84 Å². The minimum absolute atomic E-state index is 0.101. The van der Waals surface area contributed by atoms with E-state index >= 15 is 0 Å². The average Bonchev–Trinajstić information content (AvgIpc) is 3.04. The number of nitrogens with zero attached hydrogens (tertiary/aromatic N) is 1. The molecule has 1 aliphatic heterocycles. The number of carbonyl (C=O) groups is 2. The molecule has 3 aromatic carbocycles. The Morgan fingerprint density at radius 1 is 0.875 bits per heavy atom. The number of amides is 2. The van der Waals surface area contributed by atoms with Crippen molar-refractivity contribution < 1.29 is 18.0 Å². The third-order valence-electron chi connectivity index (χ3n) is 5.26. The Labute approximate surface area is 192 Å². The van der Waals surface area contributed by atoms with E-state index in [4.69, 9.17) is 0 Å². The van der Waals surface area contributed by atoms with Gasteiger partial charge >= 0.3 is 0 Å². The maximum atomic E-state index is 13.5. The highest BCUT2D eigenvalue weighted by atomic mass is 32.2. The van der Waals surface area contributed by atoms with Crippen LogP contribution in [0.4, 0.5) is 5.69 Å². The zero-order valence-corrected chi connectivity index (χ0v) is 19.7. The summed E-state index contributed by atoms with van der Waals surface area (Å²) >= 11 is 1.53. The van der Waals surface area contributed by atoms with E-state index in [1.807, 2.05) is 0 Å². The maximum absolute atomic E-state index is 13.5. The van der Waals surface area contributed by atoms with Crippen molar-refractivity contribution in [3.8, 4) is 0 Å². The number of fused-ring (bicyclic) bond motifs is 1. The van der Waals surface area contributed by atoms with Crippen LogP contribution in [0.1, 0.15) is 40.1 Å². The fourth-order valence-electron chi connectivity index (χ4n) is 3.61. The van der Waals surface area contributed by atoms with Crippen molar-refractivity contribution in [3.05, 3.63) is 83.4 Å². The van der Waals surface area contributed by atoms with Crippen molar-refractivity contribution in [1.82, 2.24) is 0 Å². The van der Waals surface area contributed by atoms with Crippen LogP contribution in [0.15, 0.2) is 81.4 Å². The first-order valence-electron chi connectivity index (χ1n) is 10.3. The second-order valence-corrected chi connectivity index (χ2v) is 11.1. The SMILES string of the molecule is Cc1c(SCC(C)C)cc(N2C(=O)c3ccccc3C2=O)cc1S(=O)(=O)c1ccccc1. The summed E-state index contributed by atoms with van der Waals surface area (Å²) < 4.78 is 27.0. The average molecular weight is 466 g/mol. The summed E-state index contributed by atoms with van der Waals surface area (Å²) in [7, 11) is -3.85. The third-order valence-corrected chi connectivity index (χ3v) is 8.73. The highest BCUT2D eigenvalue weighted by molar-refractivity contribution is 7.99. The Morgan fingerprint density at radius 3 is 2.00 bits per heavy atom. The van der Waals surface area contributed by atoms with Gasteiger partial charge in [-0.25, -0.2) is 13.3 Å².